The van der Waals surface area contributed by atoms with Crippen LogP contribution in [0.15, 0.2) is 11.6 Å². The lowest BCUT2D eigenvalue weighted by molar-refractivity contribution is -0.392. The van der Waals surface area contributed by atoms with E-state index in [1.807, 2.05) is 0 Å². The highest BCUT2D eigenvalue weighted by Crippen LogP contribution is 2.76. The smallest absolute Gasteiger partial charge is 0.335 e. The molecule has 0 aromatic rings. The van der Waals surface area contributed by atoms with Crippen LogP contribution in [0, 0.1) is 50.2 Å². The number of ether oxygens (including phenoxy) is 18. The molecular formula is C80H126O44. The Kier molecular flexibility index (Phi) is 29.2. The van der Waals surface area contributed by atoms with Crippen molar-refractivity contribution < 1.29 is 217 Å². The molecule has 9 aliphatic heterocycles. The topological polar surface area (TPSA) is 683 Å². The molecule has 0 spiro atoms. The summed E-state index contributed by atoms with van der Waals surface area (Å²) in [7, 11) is 0. The van der Waals surface area contributed by atoms with E-state index in [0.717, 1.165) is 11.9 Å². The molecule has 44 heteroatoms. The van der Waals surface area contributed by atoms with Crippen molar-refractivity contribution in [3.63, 3.8) is 0 Å². The second kappa shape index (κ2) is 37.3. The summed E-state index contributed by atoms with van der Waals surface area (Å²) in [6.07, 6.45) is -70.5. The minimum atomic E-state index is -2.31. The van der Waals surface area contributed by atoms with E-state index in [2.05, 4.69) is 40.7 Å². The predicted molar refractivity (Wildman–Crippen MR) is 400 cm³/mol. The Hall–Kier alpha value is -3.21. The van der Waals surface area contributed by atoms with Gasteiger partial charge in [0.2, 0.25) is 6.29 Å². The number of carbonyl (C=O) groups excluding carboxylic acids is 2. The van der Waals surface area contributed by atoms with Crippen LogP contribution in [0.2, 0.25) is 0 Å². The SMILES string of the molecule is C[C@@H]1O[C@@H](O[C@H]2[C@@H](O)[C@H](O[C@H]3OC[C@H](O)[C@H](O[C@H]4OC[C@H](O)[C@@H](O)[C@@H]4O)[C@@H]3O)[C@@H](OC(=O)[C@]34CCC(C)(C)C[C@H]3C3=CC[C@@H]5[C@@]6(C)CC[C@H](O[C@@H]7O[C@H](C(=O)O)[C@@H](O[C@@H]8O[C@H](CO)[C@@H](O[C@@H]9O[C@H](CO)[C@H](O)[C@H](O)[C@H]9O)[C@H](O)[C@H]8O)[C@@H](O[C@@H]8OC[C@H](O)[C@H](O)[C@H]8O)[C@H]7O)[C@@](C)(C=O)[C@@H]6CC[C@@]5(C)[C@]3(C)CC4)O[C@H]2C)[C@@H](O)[C@H](O[C@H]2OC[C@H](O)[C@@H](O)[C@@H]2O)[C@H]1O. The molecule has 23 N–H and O–H groups in total. The maximum Gasteiger partial charge on any atom is 0.335 e. The number of esters is 1. The van der Waals surface area contributed by atoms with Gasteiger partial charge in [0, 0.05) is 0 Å². The quantitative estimate of drug-likeness (QED) is 0.0207. The van der Waals surface area contributed by atoms with Gasteiger partial charge in [-0.1, -0.05) is 53.2 Å². The third-order valence-corrected chi connectivity index (χ3v) is 30.3. The van der Waals surface area contributed by atoms with Gasteiger partial charge in [-0.15, -0.1) is 0 Å². The number of carbonyl (C=O) groups is 3. The Balaban J connectivity index is 0.710. The van der Waals surface area contributed by atoms with Crippen molar-refractivity contribution in [1.82, 2.24) is 0 Å². The third-order valence-electron chi connectivity index (χ3n) is 30.3. The standard InChI is InChI=1S/C80H126O44/c1-27-40(88)59(119-66-48(96)42(90)32(85)23-108-66)54(102)71(111-27)116-56-28(2)112-73(61(52(56)100)121-68-53(101)57(34(87)25-110-68)117-65-47(95)41(89)31(84)22-107-65)124-74(106)80-17-15-75(3,4)19-30(80)29-9-10-38-76(5)13-12-39(77(6,26-83)37(76)11-14-79(38,8)78(29,7)16-18-80)115-72-55(103)60(120-67-49(97)43(91)33(86)24-109-67)62(63(123-72)64(104)105)122-70-51(99)46(94)58(36(21-82)114-70)118-69-50(98)45(93)44(92)35(20-81)113-69/h9,26-28,30-63,65-73,81-82,84-103H,10-25H2,1-8H3,(H,104,105)/t27-,28-,30-,31-,32-,33-,34-,35+,36+,37+,38+,39-,40-,41+,42+,43-,44-,45-,46+,47-,48-,49+,50+,51+,52+,53-,54-,55+,56+,57-,58+,59+,60-,61-,62-,63-,65+,66+,67-,68+,69-,70-,71-,72+,73+,76-,77-,78+,79+,80-/m0/s1. The molecule has 0 bridgehead atoms. The lowest BCUT2D eigenvalue weighted by atomic mass is 9.33. The van der Waals surface area contributed by atoms with Gasteiger partial charge in [-0.25, -0.2) is 4.79 Å². The molecule has 0 radical (unpaired) electrons. The minimum Gasteiger partial charge on any atom is -0.479 e. The van der Waals surface area contributed by atoms with Crippen molar-refractivity contribution in [2.45, 2.75) is 378 Å². The van der Waals surface area contributed by atoms with Gasteiger partial charge >= 0.3 is 11.9 Å². The summed E-state index contributed by atoms with van der Waals surface area (Å²) in [6.45, 7) is 11.1. The molecule has 44 nitrogen and oxygen atoms in total. The number of hydrogen-bond donors (Lipinski definition) is 23. The number of carboxylic acid groups (broad SMARTS) is 1. The zero-order valence-corrected chi connectivity index (χ0v) is 69.8. The summed E-state index contributed by atoms with van der Waals surface area (Å²) in [5.74, 6) is -3.74. The Morgan fingerprint density at radius 1 is 0.411 bits per heavy atom. The number of carboxylic acids is 1. The number of aliphatic hydroxyl groups excluding tert-OH is 22. The van der Waals surface area contributed by atoms with Crippen LogP contribution in [0.25, 0.3) is 0 Å². The van der Waals surface area contributed by atoms with E-state index in [9.17, 15) is 127 Å². The molecule has 0 unspecified atom stereocenters. The van der Waals surface area contributed by atoms with Gasteiger partial charge in [0.15, 0.2) is 62.5 Å². The van der Waals surface area contributed by atoms with Crippen molar-refractivity contribution in [1.29, 1.82) is 0 Å². The highest BCUT2D eigenvalue weighted by molar-refractivity contribution is 5.79. The lowest BCUT2D eigenvalue weighted by Crippen LogP contribution is -2.69. The molecule has 13 fully saturated rings. The van der Waals surface area contributed by atoms with E-state index in [4.69, 9.17) is 85.3 Å². The van der Waals surface area contributed by atoms with Gasteiger partial charge in [-0.2, -0.15) is 0 Å². The molecule has 14 rings (SSSR count). The molecular weight excluding hydrogens is 1660 g/mol. The van der Waals surface area contributed by atoms with E-state index in [0.29, 0.717) is 51.4 Å². The summed E-state index contributed by atoms with van der Waals surface area (Å²) in [6, 6.07) is 0. The molecule has 0 amide bonds. The van der Waals surface area contributed by atoms with Crippen LogP contribution in [-0.4, -0.2) is 433 Å². The highest BCUT2D eigenvalue weighted by Gasteiger charge is 2.72. The summed E-state index contributed by atoms with van der Waals surface area (Å²) in [5.41, 5.74) is -4.02. The Bertz CT molecular complexity index is 3660. The van der Waals surface area contributed by atoms with Gasteiger partial charge in [-0.3, -0.25) is 4.79 Å². The number of allylic oxidation sites excluding steroid dienone is 2. The number of aliphatic carboxylic acids is 1. The van der Waals surface area contributed by atoms with Crippen LogP contribution >= 0.6 is 0 Å². The van der Waals surface area contributed by atoms with Crippen molar-refractivity contribution in [2.24, 2.45) is 50.2 Å². The highest BCUT2D eigenvalue weighted by atomic mass is 16.8. The van der Waals surface area contributed by atoms with Crippen molar-refractivity contribution in [2.75, 3.05) is 39.6 Å². The first-order valence-electron chi connectivity index (χ1n) is 42.8. The first kappa shape index (κ1) is 96.8. The molecule has 124 heavy (non-hydrogen) atoms. The fourth-order valence-corrected chi connectivity index (χ4v) is 22.6. The Morgan fingerprint density at radius 2 is 0.879 bits per heavy atom. The average molecular weight is 1790 g/mol. The van der Waals surface area contributed by atoms with Gasteiger partial charge in [0.1, 0.15) is 177 Å². The zero-order valence-electron chi connectivity index (χ0n) is 69.8. The molecule has 0 aromatic carbocycles. The lowest BCUT2D eigenvalue weighted by Gasteiger charge is -2.71. The summed E-state index contributed by atoms with van der Waals surface area (Å²) < 4.78 is 108. The molecule has 0 aromatic heterocycles. The molecule has 4 saturated carbocycles. The van der Waals surface area contributed by atoms with Gasteiger partial charge < -0.3 is 208 Å². The number of aliphatic hydroxyl groups is 22. The number of hydrogen-bond acceptors (Lipinski definition) is 43. The van der Waals surface area contributed by atoms with Crippen LogP contribution in [0.1, 0.15) is 120 Å². The van der Waals surface area contributed by atoms with Crippen molar-refractivity contribution in [3.8, 4) is 0 Å². The average Bonchev–Trinajstić information content (AvgIpc) is 0.672. The maximum absolute atomic E-state index is 16.2. The Morgan fingerprint density at radius 3 is 1.46 bits per heavy atom. The van der Waals surface area contributed by atoms with E-state index >= 15 is 4.79 Å². The predicted octanol–water partition coefficient (Wildman–Crippen LogP) is -9.03. The normalized spacial score (nSPS) is 54.8. The first-order chi connectivity index (χ1) is 58.3. The van der Waals surface area contributed by atoms with Crippen LogP contribution in [0.4, 0.5) is 0 Å². The van der Waals surface area contributed by atoms with E-state index in [-0.39, 0.29) is 24.2 Å². The molecule has 14 aliphatic rings. The molecule has 50 atom stereocenters. The third kappa shape index (κ3) is 17.3. The molecule has 9 heterocycles. The largest absolute Gasteiger partial charge is 0.479 e. The maximum atomic E-state index is 16.2. The fraction of sp³-hybridized carbons (Fsp3) is 0.938. The fourth-order valence-electron chi connectivity index (χ4n) is 22.6. The van der Waals surface area contributed by atoms with E-state index in [1.54, 1.807) is 6.92 Å². The summed E-state index contributed by atoms with van der Waals surface area (Å²) >= 11 is 0. The molecule has 710 valence electrons. The van der Waals surface area contributed by atoms with Crippen molar-refractivity contribution in [3.05, 3.63) is 11.6 Å². The van der Waals surface area contributed by atoms with Crippen LogP contribution in [-0.2, 0) is 99.6 Å². The zero-order chi connectivity index (χ0) is 90.2. The number of aldehydes is 1. The monoisotopic (exact) mass is 1790 g/mol. The molecule has 9 saturated heterocycles. The number of fused-ring (bicyclic) bond motifs is 7. The van der Waals surface area contributed by atoms with E-state index < -0.39 is 349 Å². The van der Waals surface area contributed by atoms with Gasteiger partial charge in [-0.05, 0) is 117 Å². The first-order valence-corrected chi connectivity index (χ1v) is 42.8. The Labute approximate surface area is 712 Å². The van der Waals surface area contributed by atoms with E-state index in [1.165, 1.54) is 13.8 Å². The van der Waals surface area contributed by atoms with Gasteiger partial charge in [0.05, 0.1) is 68.8 Å². The second-order valence-corrected chi connectivity index (χ2v) is 38.2. The summed E-state index contributed by atoms with van der Waals surface area (Å²) in [5, 5.41) is 254. The van der Waals surface area contributed by atoms with Crippen LogP contribution in [0.3, 0.4) is 0 Å². The second-order valence-electron chi connectivity index (χ2n) is 38.2. The summed E-state index contributed by atoms with van der Waals surface area (Å²) in [4.78, 5) is 44.2. The minimum absolute atomic E-state index is 0.0935. The van der Waals surface area contributed by atoms with Gasteiger partial charge in [0.25, 0.3) is 0 Å². The number of rotatable bonds is 22. The molecule has 5 aliphatic carbocycles. The van der Waals surface area contributed by atoms with Crippen molar-refractivity contribution >= 4 is 18.2 Å². The van der Waals surface area contributed by atoms with Crippen LogP contribution in [0.5, 0.6) is 0 Å². The van der Waals surface area contributed by atoms with Crippen LogP contribution < -0.4 is 0 Å².